The highest BCUT2D eigenvalue weighted by Gasteiger charge is 2.38. The number of aliphatic carboxylic acids is 2. The Balaban J connectivity index is 1.51. The molecule has 0 aliphatic carbocycles. The van der Waals surface area contributed by atoms with E-state index < -0.39 is 40.8 Å². The maximum absolute atomic E-state index is 13.5. The predicted molar refractivity (Wildman–Crippen MR) is 162 cm³/mol. The van der Waals surface area contributed by atoms with E-state index in [-0.39, 0.29) is 31.0 Å². The van der Waals surface area contributed by atoms with Crippen LogP contribution < -0.4 is 16.0 Å². The molecule has 2 unspecified atom stereocenters. The number of aryl methyl sites for hydroxylation is 1. The van der Waals surface area contributed by atoms with Gasteiger partial charge in [-0.2, -0.15) is 0 Å². The molecule has 4 rings (SSSR count). The van der Waals surface area contributed by atoms with Crippen LogP contribution in [0.3, 0.4) is 0 Å². The van der Waals surface area contributed by atoms with Gasteiger partial charge in [0.05, 0.1) is 4.92 Å². The lowest BCUT2D eigenvalue weighted by atomic mass is 10.0. The normalized spacial score (nSPS) is 14.6. The molecule has 2 amide bonds. The molecule has 234 valence electrons. The fraction of sp³-hybridized carbons (Fsp3) is 0.226. The number of carboxylic acid groups (broad SMARTS) is 2. The number of amides is 2. The van der Waals surface area contributed by atoms with Gasteiger partial charge in [-0.1, -0.05) is 30.3 Å². The van der Waals surface area contributed by atoms with Crippen molar-refractivity contribution in [3.63, 3.8) is 0 Å². The van der Waals surface area contributed by atoms with Crippen molar-refractivity contribution in [2.45, 2.75) is 44.8 Å². The zero-order valence-corrected chi connectivity index (χ0v) is 24.1. The van der Waals surface area contributed by atoms with Gasteiger partial charge in [0.15, 0.2) is 5.82 Å². The fourth-order valence-corrected chi connectivity index (χ4v) is 4.94. The molecule has 6 N–H and O–H groups in total. The van der Waals surface area contributed by atoms with E-state index in [1.54, 1.807) is 42.5 Å². The van der Waals surface area contributed by atoms with Gasteiger partial charge in [0.2, 0.25) is 11.8 Å². The summed E-state index contributed by atoms with van der Waals surface area (Å²) >= 11 is 0. The maximum atomic E-state index is 13.5. The zero-order valence-electron chi connectivity index (χ0n) is 24.1. The standard InChI is InChI=1S/C31H31N5O9/c1-18(37)35-16-21-15-23(33-27(17-36(44)45)32-22-7-10-24(38)11-8-22)9-12-25(21)29(35)30(41)34-26(31(42)43)14-20-4-2-19(3-5-20)6-13-28(39)40/h2-5,7-12,15,17,26,29,32-33,38H,6,13-14,16H2,1H3,(H,34,41)(H,39,40)(H,42,43). The van der Waals surface area contributed by atoms with Crippen LogP contribution in [-0.4, -0.2) is 54.9 Å². The number of nitrogens with zero attached hydrogens (tertiary/aromatic N) is 2. The monoisotopic (exact) mass is 617 g/mol. The highest BCUT2D eigenvalue weighted by Crippen LogP contribution is 2.36. The molecule has 0 saturated carbocycles. The minimum atomic E-state index is -1.30. The minimum Gasteiger partial charge on any atom is -0.508 e. The summed E-state index contributed by atoms with van der Waals surface area (Å²) in [6, 6.07) is 15.1. The summed E-state index contributed by atoms with van der Waals surface area (Å²) in [5.74, 6) is -3.24. The summed E-state index contributed by atoms with van der Waals surface area (Å²) in [5.41, 5.74) is 3.36. The van der Waals surface area contributed by atoms with E-state index in [2.05, 4.69) is 16.0 Å². The second kappa shape index (κ2) is 14.0. The Morgan fingerprint density at radius 3 is 2.20 bits per heavy atom. The van der Waals surface area contributed by atoms with Crippen LogP contribution in [-0.2, 0) is 38.6 Å². The molecular weight excluding hydrogens is 586 g/mol. The largest absolute Gasteiger partial charge is 0.508 e. The minimum absolute atomic E-state index is 0.0144. The number of aromatic hydroxyl groups is 1. The topological polar surface area (TPSA) is 211 Å². The predicted octanol–water partition coefficient (Wildman–Crippen LogP) is 3.22. The highest BCUT2D eigenvalue weighted by atomic mass is 16.6. The van der Waals surface area contributed by atoms with Gasteiger partial charge in [0.1, 0.15) is 17.8 Å². The average molecular weight is 618 g/mol. The number of benzene rings is 3. The number of carboxylic acids is 2. The van der Waals surface area contributed by atoms with E-state index in [4.69, 9.17) is 5.11 Å². The Kier molecular flexibility index (Phi) is 9.98. The Morgan fingerprint density at radius 1 is 0.978 bits per heavy atom. The number of anilines is 2. The number of carbonyl (C=O) groups excluding carboxylic acids is 2. The van der Waals surface area contributed by atoms with Crippen molar-refractivity contribution in [2.24, 2.45) is 0 Å². The summed E-state index contributed by atoms with van der Waals surface area (Å²) < 4.78 is 0. The van der Waals surface area contributed by atoms with Crippen LogP contribution in [0.1, 0.15) is 41.6 Å². The molecule has 1 aliphatic rings. The molecule has 0 radical (unpaired) electrons. The van der Waals surface area contributed by atoms with Crippen LogP contribution in [0, 0.1) is 10.1 Å². The smallest absolute Gasteiger partial charge is 0.326 e. The first-order chi connectivity index (χ1) is 21.4. The zero-order chi connectivity index (χ0) is 32.7. The molecule has 3 aromatic carbocycles. The summed E-state index contributed by atoms with van der Waals surface area (Å²) in [7, 11) is 0. The highest BCUT2D eigenvalue weighted by molar-refractivity contribution is 5.92. The number of fused-ring (bicyclic) bond motifs is 1. The summed E-state index contributed by atoms with van der Waals surface area (Å²) in [5, 5.41) is 47.8. The Hall–Kier alpha value is -5.92. The number of nitro groups is 1. The van der Waals surface area contributed by atoms with Crippen molar-refractivity contribution in [2.75, 3.05) is 10.6 Å². The first-order valence-electron chi connectivity index (χ1n) is 13.8. The van der Waals surface area contributed by atoms with Crippen molar-refractivity contribution in [3.8, 4) is 5.75 Å². The molecule has 1 heterocycles. The van der Waals surface area contributed by atoms with E-state index in [1.165, 1.54) is 36.1 Å². The van der Waals surface area contributed by atoms with E-state index in [9.17, 15) is 39.5 Å². The van der Waals surface area contributed by atoms with Gasteiger partial charge >= 0.3 is 11.9 Å². The lowest BCUT2D eigenvalue weighted by molar-refractivity contribution is -0.403. The quantitative estimate of drug-likeness (QED) is 0.0931. The van der Waals surface area contributed by atoms with Crippen molar-refractivity contribution in [1.82, 2.24) is 10.2 Å². The third-order valence-corrected chi connectivity index (χ3v) is 7.11. The van der Waals surface area contributed by atoms with Gasteiger partial charge in [0, 0.05) is 37.7 Å². The molecule has 0 aromatic heterocycles. The Labute approximate surface area is 257 Å². The SMILES string of the molecule is CC(=O)N1Cc2cc(NC(=C[N+](=O)[O-])Nc3ccc(O)cc3)ccc2C1C(=O)NC(Cc1ccc(CCC(=O)O)cc1)C(=O)O. The van der Waals surface area contributed by atoms with Crippen molar-refractivity contribution in [3.05, 3.63) is 111 Å². The third kappa shape index (κ3) is 8.56. The second-order valence-corrected chi connectivity index (χ2v) is 10.4. The van der Waals surface area contributed by atoms with Crippen molar-refractivity contribution < 1.29 is 39.4 Å². The Morgan fingerprint density at radius 2 is 1.60 bits per heavy atom. The molecule has 0 fully saturated rings. The molecule has 14 nitrogen and oxygen atoms in total. The molecule has 3 aromatic rings. The average Bonchev–Trinajstić information content (AvgIpc) is 3.36. The van der Waals surface area contributed by atoms with Gasteiger partial charge in [-0.3, -0.25) is 24.5 Å². The van der Waals surface area contributed by atoms with E-state index in [1.807, 2.05) is 0 Å². The number of nitrogens with one attached hydrogen (secondary N) is 3. The van der Waals surface area contributed by atoms with Crippen LogP contribution in [0.2, 0.25) is 0 Å². The second-order valence-electron chi connectivity index (χ2n) is 10.4. The first kappa shape index (κ1) is 32.0. The number of phenolic OH excluding ortho intramolecular Hbond substituents is 1. The van der Waals surface area contributed by atoms with E-state index >= 15 is 0 Å². The molecule has 2 atom stereocenters. The van der Waals surface area contributed by atoms with Crippen LogP contribution in [0.25, 0.3) is 0 Å². The van der Waals surface area contributed by atoms with Gasteiger partial charge in [-0.15, -0.1) is 0 Å². The van der Waals surface area contributed by atoms with Crippen LogP contribution in [0.4, 0.5) is 11.4 Å². The molecule has 0 bridgehead atoms. The van der Waals surface area contributed by atoms with Crippen molar-refractivity contribution in [1.29, 1.82) is 0 Å². The molecule has 0 saturated heterocycles. The Bertz CT molecular complexity index is 1640. The van der Waals surface area contributed by atoms with Gasteiger partial charge in [-0.05, 0) is 65.1 Å². The molecule has 14 heteroatoms. The molecule has 45 heavy (non-hydrogen) atoms. The van der Waals surface area contributed by atoms with Gasteiger partial charge < -0.3 is 36.2 Å². The van der Waals surface area contributed by atoms with Crippen molar-refractivity contribution >= 4 is 35.1 Å². The fourth-order valence-electron chi connectivity index (χ4n) is 4.94. The van der Waals surface area contributed by atoms with Crippen LogP contribution >= 0.6 is 0 Å². The van der Waals surface area contributed by atoms with Crippen LogP contribution in [0.5, 0.6) is 5.75 Å². The lowest BCUT2D eigenvalue weighted by Crippen LogP contribution is -2.47. The summed E-state index contributed by atoms with van der Waals surface area (Å²) in [6.07, 6.45) is 0.986. The number of carbonyl (C=O) groups is 4. The van der Waals surface area contributed by atoms with Gasteiger partial charge in [0.25, 0.3) is 6.20 Å². The van der Waals surface area contributed by atoms with Gasteiger partial charge in [-0.25, -0.2) is 4.79 Å². The van der Waals surface area contributed by atoms with Crippen LogP contribution in [0.15, 0.2) is 78.8 Å². The number of rotatable bonds is 13. The third-order valence-electron chi connectivity index (χ3n) is 7.11. The first-order valence-corrected chi connectivity index (χ1v) is 13.8. The molecule has 1 aliphatic heterocycles. The summed E-state index contributed by atoms with van der Waals surface area (Å²) in [4.78, 5) is 60.8. The number of hydrogen-bond donors (Lipinski definition) is 6. The van der Waals surface area contributed by atoms with E-state index in [0.717, 1.165) is 11.8 Å². The molecule has 0 spiro atoms. The number of phenols is 1. The maximum Gasteiger partial charge on any atom is 0.326 e. The molecular formula is C31H31N5O9. The van der Waals surface area contributed by atoms with E-state index in [0.29, 0.717) is 34.5 Å². The summed E-state index contributed by atoms with van der Waals surface area (Å²) in [6.45, 7) is 1.35. The lowest BCUT2D eigenvalue weighted by Gasteiger charge is -2.25. The number of hydrogen-bond acceptors (Lipinski definition) is 9.